The van der Waals surface area contributed by atoms with Crippen molar-refractivity contribution in [2.24, 2.45) is 0 Å². The van der Waals surface area contributed by atoms with E-state index in [9.17, 15) is 16.8 Å². The van der Waals surface area contributed by atoms with Gasteiger partial charge in [0.15, 0.2) is 0 Å². The van der Waals surface area contributed by atoms with Gasteiger partial charge in [-0.2, -0.15) is 12.7 Å². The molecule has 0 unspecified atom stereocenters. The van der Waals surface area contributed by atoms with Gasteiger partial charge in [0, 0.05) is 20.2 Å². The van der Waals surface area contributed by atoms with Crippen LogP contribution < -0.4 is 4.18 Å². The Bertz CT molecular complexity index is 985. The van der Waals surface area contributed by atoms with Gasteiger partial charge in [0.05, 0.1) is 17.3 Å². The lowest BCUT2D eigenvalue weighted by atomic mass is 10.2. The van der Waals surface area contributed by atoms with Gasteiger partial charge in [0.2, 0.25) is 10.0 Å². The quantitative estimate of drug-likeness (QED) is 0.542. The van der Waals surface area contributed by atoms with E-state index < -0.39 is 20.1 Å². The predicted molar refractivity (Wildman–Crippen MR) is 107 cm³/mol. The SMILES string of the molecule is CCS(=O)(=O)Oc1cccc(CN(CCOC)S(=O)(=O)c2ccc(C)cc2)c1. The molecule has 0 saturated carbocycles. The molecule has 7 nitrogen and oxygen atoms in total. The molecule has 0 aliphatic carbocycles. The van der Waals surface area contributed by atoms with Crippen molar-refractivity contribution in [3.63, 3.8) is 0 Å². The number of nitrogens with zero attached hydrogens (tertiary/aromatic N) is 1. The van der Waals surface area contributed by atoms with E-state index in [0.29, 0.717) is 5.56 Å². The van der Waals surface area contributed by atoms with Gasteiger partial charge in [-0.15, -0.1) is 0 Å². The first kappa shape index (κ1) is 22.4. The van der Waals surface area contributed by atoms with Crippen LogP contribution in [0.5, 0.6) is 5.75 Å². The van der Waals surface area contributed by atoms with Crippen LogP contribution in [-0.4, -0.2) is 47.2 Å². The predicted octanol–water partition coefficient (Wildman–Crippen LogP) is 2.56. The average molecular weight is 428 g/mol. The molecule has 0 spiro atoms. The van der Waals surface area contributed by atoms with Gasteiger partial charge in [0.25, 0.3) is 0 Å². The normalized spacial score (nSPS) is 12.3. The van der Waals surface area contributed by atoms with E-state index in [1.165, 1.54) is 30.5 Å². The number of ether oxygens (including phenoxy) is 1. The van der Waals surface area contributed by atoms with Crippen LogP contribution in [0.2, 0.25) is 0 Å². The minimum Gasteiger partial charge on any atom is -0.383 e. The molecular formula is C19H25NO6S2. The number of hydrogen-bond acceptors (Lipinski definition) is 6. The van der Waals surface area contributed by atoms with Crippen LogP contribution in [0.25, 0.3) is 0 Å². The van der Waals surface area contributed by atoms with E-state index in [1.54, 1.807) is 36.4 Å². The molecule has 0 N–H and O–H groups in total. The molecule has 2 aromatic carbocycles. The summed E-state index contributed by atoms with van der Waals surface area (Å²) in [6.07, 6.45) is 0. The van der Waals surface area contributed by atoms with Crippen LogP contribution in [0.1, 0.15) is 18.1 Å². The van der Waals surface area contributed by atoms with Crippen molar-refractivity contribution in [3.8, 4) is 5.75 Å². The van der Waals surface area contributed by atoms with Crippen LogP contribution in [0.15, 0.2) is 53.4 Å². The summed E-state index contributed by atoms with van der Waals surface area (Å²) in [4.78, 5) is 0.190. The Labute approximate surface area is 167 Å². The number of rotatable bonds is 10. The molecule has 154 valence electrons. The molecule has 0 fully saturated rings. The minimum atomic E-state index is -3.75. The number of sulfonamides is 1. The van der Waals surface area contributed by atoms with Gasteiger partial charge in [0.1, 0.15) is 5.75 Å². The third kappa shape index (κ3) is 6.03. The summed E-state index contributed by atoms with van der Waals surface area (Å²) in [5.74, 6) is -0.00213. The van der Waals surface area contributed by atoms with Crippen molar-refractivity contribution in [2.45, 2.75) is 25.3 Å². The molecule has 0 amide bonds. The van der Waals surface area contributed by atoms with Crippen LogP contribution >= 0.6 is 0 Å². The Morgan fingerprint density at radius 1 is 1.00 bits per heavy atom. The average Bonchev–Trinajstić information content (AvgIpc) is 2.65. The zero-order valence-corrected chi connectivity index (χ0v) is 17.8. The Kier molecular flexibility index (Phi) is 7.59. The van der Waals surface area contributed by atoms with Crippen molar-refractivity contribution in [3.05, 3.63) is 59.7 Å². The fraction of sp³-hybridized carbons (Fsp3) is 0.368. The van der Waals surface area contributed by atoms with E-state index in [2.05, 4.69) is 0 Å². The standard InChI is InChI=1S/C19H25NO6S2/c1-4-27(21,22)26-18-7-5-6-17(14-18)15-20(12-13-25-3)28(23,24)19-10-8-16(2)9-11-19/h5-11,14H,4,12-13,15H2,1-3H3. The van der Waals surface area contributed by atoms with Crippen molar-refractivity contribution >= 4 is 20.1 Å². The fourth-order valence-corrected chi connectivity index (χ4v) is 4.37. The smallest absolute Gasteiger partial charge is 0.308 e. The molecule has 0 radical (unpaired) electrons. The summed E-state index contributed by atoms with van der Waals surface area (Å²) in [6, 6.07) is 13.0. The Morgan fingerprint density at radius 3 is 2.29 bits per heavy atom. The molecule has 0 aliphatic rings. The van der Waals surface area contributed by atoms with E-state index >= 15 is 0 Å². The first-order valence-electron chi connectivity index (χ1n) is 8.75. The Hall–Kier alpha value is -1.94. The topological polar surface area (TPSA) is 90.0 Å². The molecule has 0 aromatic heterocycles. The highest BCUT2D eigenvalue weighted by molar-refractivity contribution is 7.89. The molecule has 0 atom stereocenters. The number of hydrogen-bond donors (Lipinski definition) is 0. The summed E-state index contributed by atoms with van der Waals surface area (Å²) < 4.78 is 60.8. The maximum absolute atomic E-state index is 13.1. The summed E-state index contributed by atoms with van der Waals surface area (Å²) >= 11 is 0. The molecule has 9 heteroatoms. The lowest BCUT2D eigenvalue weighted by Crippen LogP contribution is -2.33. The summed E-state index contributed by atoms with van der Waals surface area (Å²) in [5, 5.41) is 0. The molecule has 2 aromatic rings. The van der Waals surface area contributed by atoms with Gasteiger partial charge in [-0.3, -0.25) is 0 Å². The van der Waals surface area contributed by atoms with E-state index in [4.69, 9.17) is 8.92 Å². The molecule has 0 aliphatic heterocycles. The van der Waals surface area contributed by atoms with Crippen molar-refractivity contribution in [1.29, 1.82) is 0 Å². The Morgan fingerprint density at radius 2 is 1.68 bits per heavy atom. The number of aryl methyl sites for hydroxylation is 1. The molecule has 2 rings (SSSR count). The van der Waals surface area contributed by atoms with E-state index in [1.807, 2.05) is 6.92 Å². The van der Waals surface area contributed by atoms with Gasteiger partial charge in [-0.05, 0) is 43.7 Å². The van der Waals surface area contributed by atoms with E-state index in [-0.39, 0.29) is 36.1 Å². The van der Waals surface area contributed by atoms with Crippen molar-refractivity contribution in [1.82, 2.24) is 4.31 Å². The highest BCUT2D eigenvalue weighted by Gasteiger charge is 2.24. The first-order chi connectivity index (χ1) is 13.2. The lowest BCUT2D eigenvalue weighted by Gasteiger charge is -2.22. The molecule has 28 heavy (non-hydrogen) atoms. The van der Waals surface area contributed by atoms with Crippen molar-refractivity contribution < 1.29 is 25.8 Å². The first-order valence-corrected chi connectivity index (χ1v) is 11.8. The van der Waals surface area contributed by atoms with Gasteiger partial charge < -0.3 is 8.92 Å². The third-order valence-electron chi connectivity index (χ3n) is 4.04. The second-order valence-corrected chi connectivity index (χ2v) is 10.0. The highest BCUT2D eigenvalue weighted by atomic mass is 32.2. The van der Waals surface area contributed by atoms with Crippen LogP contribution in [0.3, 0.4) is 0 Å². The van der Waals surface area contributed by atoms with Gasteiger partial charge in [-0.1, -0.05) is 29.8 Å². The summed E-state index contributed by atoms with van der Waals surface area (Å²) in [7, 11) is -5.91. The maximum atomic E-state index is 13.1. The van der Waals surface area contributed by atoms with E-state index in [0.717, 1.165) is 5.56 Å². The Balaban J connectivity index is 2.30. The molecular weight excluding hydrogens is 402 g/mol. The minimum absolute atomic E-state index is 0.0585. The van der Waals surface area contributed by atoms with Crippen LogP contribution in [0.4, 0.5) is 0 Å². The second-order valence-electron chi connectivity index (χ2n) is 6.22. The number of benzene rings is 2. The molecule has 0 heterocycles. The summed E-state index contributed by atoms with van der Waals surface area (Å²) in [5.41, 5.74) is 1.57. The third-order valence-corrected chi connectivity index (χ3v) is 7.05. The zero-order chi connectivity index (χ0) is 20.8. The molecule has 0 saturated heterocycles. The fourth-order valence-electron chi connectivity index (χ4n) is 2.44. The van der Waals surface area contributed by atoms with Crippen LogP contribution in [-0.2, 0) is 31.4 Å². The van der Waals surface area contributed by atoms with Crippen LogP contribution in [0, 0.1) is 6.92 Å². The summed E-state index contributed by atoms with van der Waals surface area (Å²) in [6.45, 7) is 3.81. The van der Waals surface area contributed by atoms with Gasteiger partial charge >= 0.3 is 10.1 Å². The maximum Gasteiger partial charge on any atom is 0.308 e. The monoisotopic (exact) mass is 427 g/mol. The van der Waals surface area contributed by atoms with Crippen molar-refractivity contribution in [2.75, 3.05) is 26.0 Å². The highest BCUT2D eigenvalue weighted by Crippen LogP contribution is 2.22. The largest absolute Gasteiger partial charge is 0.383 e. The number of methoxy groups -OCH3 is 1. The second kappa shape index (κ2) is 9.51. The lowest BCUT2D eigenvalue weighted by molar-refractivity contribution is 0.177. The van der Waals surface area contributed by atoms with Gasteiger partial charge in [-0.25, -0.2) is 8.42 Å². The zero-order valence-electron chi connectivity index (χ0n) is 16.2. The molecule has 0 bridgehead atoms.